The Morgan fingerprint density at radius 2 is 2.05 bits per heavy atom. The van der Waals surface area contributed by atoms with Gasteiger partial charge in [0.05, 0.1) is 0 Å². The summed E-state index contributed by atoms with van der Waals surface area (Å²) < 4.78 is 0. The normalized spacial score (nSPS) is 14.2. The van der Waals surface area contributed by atoms with Crippen molar-refractivity contribution in [3.63, 3.8) is 0 Å². The Kier molecular flexibility index (Phi) is 5.00. The Morgan fingerprint density at radius 3 is 2.63 bits per heavy atom. The number of nitrogens with one attached hydrogen (secondary N) is 1. The van der Waals surface area contributed by atoms with Crippen molar-refractivity contribution >= 4 is 5.91 Å². The Labute approximate surface area is 114 Å². The molecule has 3 nitrogen and oxygen atoms in total. The van der Waals surface area contributed by atoms with Crippen LogP contribution in [0, 0.1) is 17.8 Å². The van der Waals surface area contributed by atoms with Crippen LogP contribution in [0.2, 0.25) is 0 Å². The Bertz CT molecular complexity index is 478. The molecule has 1 aromatic carbocycles. The van der Waals surface area contributed by atoms with Crippen molar-refractivity contribution in [2.24, 2.45) is 5.92 Å². The average molecular weight is 257 g/mol. The predicted octanol–water partition coefficient (Wildman–Crippen LogP) is 1.84. The lowest BCUT2D eigenvalue weighted by Crippen LogP contribution is -2.27. The maximum atomic E-state index is 11.7. The quantitative estimate of drug-likeness (QED) is 0.809. The first-order valence-corrected chi connectivity index (χ1v) is 6.73. The van der Waals surface area contributed by atoms with Gasteiger partial charge in [-0.15, -0.1) is 0 Å². The largest absolute Gasteiger partial charge is 0.384 e. The van der Waals surface area contributed by atoms with E-state index in [1.807, 2.05) is 24.3 Å². The van der Waals surface area contributed by atoms with Gasteiger partial charge >= 0.3 is 0 Å². The van der Waals surface area contributed by atoms with Gasteiger partial charge in [-0.25, -0.2) is 0 Å². The second-order valence-electron chi connectivity index (χ2n) is 4.93. The smallest absolute Gasteiger partial charge is 0.220 e. The third-order valence-corrected chi connectivity index (χ3v) is 3.45. The summed E-state index contributed by atoms with van der Waals surface area (Å²) in [6, 6.07) is 7.70. The van der Waals surface area contributed by atoms with Crippen LogP contribution in [-0.4, -0.2) is 17.6 Å². The van der Waals surface area contributed by atoms with E-state index in [9.17, 15) is 4.79 Å². The molecule has 0 heterocycles. The zero-order valence-corrected chi connectivity index (χ0v) is 11.0. The molecule has 2 rings (SSSR count). The molecule has 100 valence electrons. The number of aliphatic hydroxyl groups is 1. The van der Waals surface area contributed by atoms with Crippen molar-refractivity contribution in [2.45, 2.75) is 32.2 Å². The van der Waals surface area contributed by atoms with Gasteiger partial charge in [-0.3, -0.25) is 4.79 Å². The van der Waals surface area contributed by atoms with Gasteiger partial charge in [0.2, 0.25) is 5.91 Å². The molecule has 0 aliphatic heterocycles. The van der Waals surface area contributed by atoms with Crippen LogP contribution in [0.3, 0.4) is 0 Å². The summed E-state index contributed by atoms with van der Waals surface area (Å²) >= 11 is 0. The highest BCUT2D eigenvalue weighted by molar-refractivity contribution is 5.76. The zero-order chi connectivity index (χ0) is 13.5. The van der Waals surface area contributed by atoms with Gasteiger partial charge in [0, 0.05) is 18.5 Å². The fourth-order valence-corrected chi connectivity index (χ4v) is 2.08. The van der Waals surface area contributed by atoms with Crippen molar-refractivity contribution in [2.75, 3.05) is 6.61 Å². The molecule has 2 N–H and O–H groups in total. The van der Waals surface area contributed by atoms with Crippen LogP contribution in [0.15, 0.2) is 24.3 Å². The third kappa shape index (κ3) is 4.42. The fourth-order valence-electron chi connectivity index (χ4n) is 2.08. The summed E-state index contributed by atoms with van der Waals surface area (Å²) in [6.45, 7) is 0.443. The van der Waals surface area contributed by atoms with E-state index in [2.05, 4.69) is 17.2 Å². The molecule has 1 aliphatic rings. The van der Waals surface area contributed by atoms with Crippen LogP contribution in [0.4, 0.5) is 0 Å². The molecule has 1 fully saturated rings. The molecule has 0 bridgehead atoms. The number of carbonyl (C=O) groups is 1. The van der Waals surface area contributed by atoms with Crippen LogP contribution in [-0.2, 0) is 11.3 Å². The molecular weight excluding hydrogens is 238 g/mol. The average Bonchev–Trinajstić information content (AvgIpc) is 2.39. The van der Waals surface area contributed by atoms with Gasteiger partial charge in [-0.1, -0.05) is 30.4 Å². The molecule has 3 heteroatoms. The van der Waals surface area contributed by atoms with E-state index in [1.165, 1.54) is 19.3 Å². The summed E-state index contributed by atoms with van der Waals surface area (Å²) in [5, 5.41) is 11.5. The Morgan fingerprint density at radius 1 is 1.32 bits per heavy atom. The van der Waals surface area contributed by atoms with E-state index < -0.39 is 0 Å². The number of rotatable bonds is 4. The SMILES string of the molecule is O=C(CC1CCC1)NCc1ccc(C#CCO)cc1. The van der Waals surface area contributed by atoms with Crippen molar-refractivity contribution < 1.29 is 9.90 Å². The summed E-state index contributed by atoms with van der Waals surface area (Å²) in [4.78, 5) is 11.7. The second kappa shape index (κ2) is 6.96. The lowest BCUT2D eigenvalue weighted by molar-refractivity contribution is -0.122. The highest BCUT2D eigenvalue weighted by atomic mass is 16.2. The Balaban J connectivity index is 1.77. The molecule has 1 aromatic rings. The minimum Gasteiger partial charge on any atom is -0.384 e. The van der Waals surface area contributed by atoms with E-state index in [0.29, 0.717) is 18.9 Å². The minimum atomic E-state index is -0.126. The first-order valence-electron chi connectivity index (χ1n) is 6.73. The summed E-state index contributed by atoms with van der Waals surface area (Å²) in [6.07, 6.45) is 4.34. The highest BCUT2D eigenvalue weighted by Crippen LogP contribution is 2.29. The number of carbonyl (C=O) groups excluding carboxylic acids is 1. The molecule has 0 unspecified atom stereocenters. The van der Waals surface area contributed by atoms with Crippen LogP contribution in [0.1, 0.15) is 36.8 Å². The van der Waals surface area contributed by atoms with Crippen LogP contribution in [0.5, 0.6) is 0 Å². The van der Waals surface area contributed by atoms with E-state index in [1.54, 1.807) is 0 Å². The zero-order valence-electron chi connectivity index (χ0n) is 11.0. The monoisotopic (exact) mass is 257 g/mol. The lowest BCUT2D eigenvalue weighted by atomic mass is 9.83. The van der Waals surface area contributed by atoms with E-state index in [0.717, 1.165) is 11.1 Å². The topological polar surface area (TPSA) is 49.3 Å². The second-order valence-corrected chi connectivity index (χ2v) is 4.93. The standard InChI is InChI=1S/C16H19NO2/c18-10-2-5-13-6-8-15(9-7-13)12-17-16(19)11-14-3-1-4-14/h6-9,14,18H,1,3-4,10-12H2,(H,17,19). The number of benzene rings is 1. The highest BCUT2D eigenvalue weighted by Gasteiger charge is 2.20. The Hall–Kier alpha value is -1.79. The summed E-state index contributed by atoms with van der Waals surface area (Å²) in [5.74, 6) is 6.20. The van der Waals surface area contributed by atoms with Crippen LogP contribution >= 0.6 is 0 Å². The van der Waals surface area contributed by atoms with E-state index in [4.69, 9.17) is 5.11 Å². The summed E-state index contributed by atoms with van der Waals surface area (Å²) in [5.41, 5.74) is 1.94. The van der Waals surface area contributed by atoms with Crippen molar-refractivity contribution in [1.82, 2.24) is 5.32 Å². The van der Waals surface area contributed by atoms with Gasteiger partial charge < -0.3 is 10.4 Å². The molecule has 1 amide bonds. The van der Waals surface area contributed by atoms with Gasteiger partial charge in [-0.05, 0) is 36.5 Å². The molecule has 1 aliphatic carbocycles. The molecule has 0 saturated heterocycles. The molecule has 0 spiro atoms. The molecule has 1 saturated carbocycles. The van der Waals surface area contributed by atoms with Crippen molar-refractivity contribution in [3.8, 4) is 11.8 Å². The minimum absolute atomic E-state index is 0.126. The number of amides is 1. The number of aliphatic hydroxyl groups excluding tert-OH is 1. The third-order valence-electron chi connectivity index (χ3n) is 3.45. The lowest BCUT2D eigenvalue weighted by Gasteiger charge is -2.24. The molecule has 0 aromatic heterocycles. The fraction of sp³-hybridized carbons (Fsp3) is 0.438. The first kappa shape index (κ1) is 13.6. The maximum absolute atomic E-state index is 11.7. The van der Waals surface area contributed by atoms with Crippen LogP contribution < -0.4 is 5.32 Å². The van der Waals surface area contributed by atoms with Gasteiger partial charge in [0.25, 0.3) is 0 Å². The van der Waals surface area contributed by atoms with Gasteiger partial charge in [0.1, 0.15) is 6.61 Å². The number of hydrogen-bond donors (Lipinski definition) is 2. The molecule has 19 heavy (non-hydrogen) atoms. The maximum Gasteiger partial charge on any atom is 0.220 e. The molecule has 0 atom stereocenters. The first-order chi connectivity index (χ1) is 9.28. The number of hydrogen-bond acceptors (Lipinski definition) is 2. The van der Waals surface area contributed by atoms with E-state index >= 15 is 0 Å². The van der Waals surface area contributed by atoms with Gasteiger partial charge in [0.15, 0.2) is 0 Å². The van der Waals surface area contributed by atoms with Crippen LogP contribution in [0.25, 0.3) is 0 Å². The van der Waals surface area contributed by atoms with Crippen molar-refractivity contribution in [1.29, 1.82) is 0 Å². The van der Waals surface area contributed by atoms with Crippen molar-refractivity contribution in [3.05, 3.63) is 35.4 Å². The molecular formula is C16H19NO2. The summed E-state index contributed by atoms with van der Waals surface area (Å²) in [7, 11) is 0. The van der Waals surface area contributed by atoms with E-state index in [-0.39, 0.29) is 12.5 Å². The van der Waals surface area contributed by atoms with Gasteiger partial charge in [-0.2, -0.15) is 0 Å². The predicted molar refractivity (Wildman–Crippen MR) is 74.2 cm³/mol. The molecule has 0 radical (unpaired) electrons.